The van der Waals surface area contributed by atoms with Crippen LogP contribution in [0.2, 0.25) is 51.4 Å². The molecule has 51 heavy (non-hydrogen) atoms. The van der Waals surface area contributed by atoms with Gasteiger partial charge in [0.05, 0.1) is 23.1 Å². The topological polar surface area (TPSA) is 129 Å². The lowest BCUT2D eigenvalue weighted by Crippen LogP contribution is -2.22. The zero-order valence-corrected chi connectivity index (χ0v) is 32.6. The van der Waals surface area contributed by atoms with Crippen molar-refractivity contribution >= 4 is 59.7 Å². The summed E-state index contributed by atoms with van der Waals surface area (Å²) in [5.74, 6) is -4.12. The highest BCUT2D eigenvalue weighted by atomic mass is 32.2. The zero-order valence-electron chi connectivity index (χ0n) is 29.7. The van der Waals surface area contributed by atoms with E-state index >= 15 is 13.2 Å². The third-order valence-corrected chi connectivity index (χ3v) is 13.0. The van der Waals surface area contributed by atoms with Crippen LogP contribution in [0.3, 0.4) is 0 Å². The van der Waals surface area contributed by atoms with E-state index in [1.54, 1.807) is 10.6 Å². The third-order valence-electron chi connectivity index (χ3n) is 8.24. The molecule has 0 saturated heterocycles. The number of carbonyl (C=O) groups is 1. The van der Waals surface area contributed by atoms with Crippen molar-refractivity contribution in [2.45, 2.75) is 69.7 Å². The van der Waals surface area contributed by atoms with Crippen LogP contribution >= 0.6 is 0 Å². The summed E-state index contributed by atoms with van der Waals surface area (Å²) >= 11 is 0. The highest BCUT2D eigenvalue weighted by Crippen LogP contribution is 2.37. The molecule has 274 valence electrons. The minimum Gasteiger partial charge on any atom is -0.361 e. The number of halogens is 3. The highest BCUT2D eigenvalue weighted by molar-refractivity contribution is 7.93. The summed E-state index contributed by atoms with van der Waals surface area (Å²) < 4.78 is 91.9. The van der Waals surface area contributed by atoms with E-state index < -0.39 is 66.3 Å². The quantitative estimate of drug-likeness (QED) is 0.0850. The summed E-state index contributed by atoms with van der Waals surface area (Å²) in [7, 11) is -5.83. The summed E-state index contributed by atoms with van der Waals surface area (Å²) in [6, 6.07) is 10.6. The van der Waals surface area contributed by atoms with E-state index in [1.165, 1.54) is 31.6 Å². The first-order chi connectivity index (χ1) is 23.9. The van der Waals surface area contributed by atoms with Crippen LogP contribution in [0.1, 0.15) is 10.5 Å². The molecule has 5 aromatic rings. The molecule has 0 unspecified atom stereocenters. The number of sulfonamides is 1. The van der Waals surface area contributed by atoms with Crippen LogP contribution in [0.5, 0.6) is 0 Å². The molecular weight excluding hydrogens is 718 g/mol. The van der Waals surface area contributed by atoms with Gasteiger partial charge in [-0.2, -0.15) is 5.10 Å². The number of aromatic nitrogens is 4. The molecule has 0 radical (unpaired) electrons. The second kappa shape index (κ2) is 14.9. The first-order valence-electron chi connectivity index (χ1n) is 16.4. The van der Waals surface area contributed by atoms with Gasteiger partial charge >= 0.3 is 0 Å². The van der Waals surface area contributed by atoms with E-state index in [1.807, 2.05) is 0 Å². The summed E-state index contributed by atoms with van der Waals surface area (Å²) in [4.78, 5) is 16.7. The monoisotopic (exact) mass is 760 g/mol. The largest absolute Gasteiger partial charge is 0.361 e. The number of fused-ring (bicyclic) bond motifs is 2. The Kier molecular flexibility index (Phi) is 11.2. The molecule has 0 spiro atoms. The minimum absolute atomic E-state index is 0.0936. The normalized spacial score (nSPS) is 12.6. The number of amides is 1. The van der Waals surface area contributed by atoms with Gasteiger partial charge < -0.3 is 19.4 Å². The molecule has 0 bridgehead atoms. The molecule has 11 nitrogen and oxygen atoms in total. The van der Waals surface area contributed by atoms with Gasteiger partial charge in [0.15, 0.2) is 17.3 Å². The van der Waals surface area contributed by atoms with Crippen LogP contribution in [-0.4, -0.2) is 70.1 Å². The predicted octanol–water partition coefficient (Wildman–Crippen LogP) is 7.26. The van der Waals surface area contributed by atoms with Gasteiger partial charge in [-0.15, -0.1) is 0 Å². The first kappa shape index (κ1) is 38.2. The van der Waals surface area contributed by atoms with Crippen LogP contribution in [0.4, 0.5) is 18.9 Å². The number of hydrogen-bond donors (Lipinski definition) is 2. The maximum atomic E-state index is 16.4. The highest BCUT2D eigenvalue weighted by Gasteiger charge is 2.28. The molecule has 0 aliphatic heterocycles. The van der Waals surface area contributed by atoms with Crippen molar-refractivity contribution in [2.24, 2.45) is 0 Å². The number of anilines is 1. The second-order valence-corrected chi connectivity index (χ2v) is 27.6. The number of nitrogens with zero attached hydrogens (tertiary/aromatic N) is 4. The maximum absolute atomic E-state index is 16.4. The summed E-state index contributed by atoms with van der Waals surface area (Å²) in [5.41, 5.74) is -1.59. The molecule has 0 atom stereocenters. The van der Waals surface area contributed by atoms with Gasteiger partial charge in [0.25, 0.3) is 15.9 Å². The Morgan fingerprint density at radius 2 is 1.55 bits per heavy atom. The Balaban J connectivity index is 1.48. The molecular formula is C34H43F3N6O5SSi2. The average molecular weight is 761 g/mol. The number of nitrogens with one attached hydrogen (secondary N) is 2. The van der Waals surface area contributed by atoms with Crippen molar-refractivity contribution in [1.29, 1.82) is 0 Å². The number of carbonyl (C=O) groups excluding carboxylic acids is 1. The lowest BCUT2D eigenvalue weighted by Gasteiger charge is -2.16. The van der Waals surface area contributed by atoms with Gasteiger partial charge in [-0.05, 0) is 42.4 Å². The smallest absolute Gasteiger partial charge is 0.272 e. The fourth-order valence-corrected chi connectivity index (χ4v) is 8.08. The molecule has 17 heteroatoms. The van der Waals surface area contributed by atoms with Crippen LogP contribution < -0.4 is 10.0 Å². The lowest BCUT2D eigenvalue weighted by molar-refractivity contribution is 0.0802. The Morgan fingerprint density at radius 1 is 0.882 bits per heavy atom. The zero-order chi connectivity index (χ0) is 37.3. The molecule has 0 aliphatic rings. The molecule has 5 rings (SSSR count). The molecule has 0 aliphatic carbocycles. The van der Waals surface area contributed by atoms with Crippen LogP contribution in [0.25, 0.3) is 33.1 Å². The van der Waals surface area contributed by atoms with Crippen LogP contribution in [-0.2, 0) is 33.0 Å². The van der Waals surface area contributed by atoms with Gasteiger partial charge in [0.1, 0.15) is 35.2 Å². The molecule has 2 aromatic heterocycles. The van der Waals surface area contributed by atoms with Crippen LogP contribution in [0.15, 0.2) is 53.7 Å². The summed E-state index contributed by atoms with van der Waals surface area (Å²) in [6.45, 7) is 14.1. The van der Waals surface area contributed by atoms with Gasteiger partial charge in [-0.3, -0.25) is 9.52 Å². The average Bonchev–Trinajstić information content (AvgIpc) is 3.64. The van der Waals surface area contributed by atoms with Gasteiger partial charge in [0, 0.05) is 47.4 Å². The molecule has 3 aromatic carbocycles. The predicted molar refractivity (Wildman–Crippen MR) is 197 cm³/mol. The van der Waals surface area contributed by atoms with Crippen molar-refractivity contribution in [3.05, 3.63) is 71.9 Å². The molecule has 0 fully saturated rings. The summed E-state index contributed by atoms with van der Waals surface area (Å²) in [6.07, 6.45) is 1.46. The van der Waals surface area contributed by atoms with Crippen molar-refractivity contribution in [2.75, 3.05) is 25.0 Å². The van der Waals surface area contributed by atoms with Crippen molar-refractivity contribution in [3.8, 4) is 11.1 Å². The van der Waals surface area contributed by atoms with Gasteiger partial charge in [-0.1, -0.05) is 51.4 Å². The number of benzene rings is 3. The SMILES string of the molecule is CNC(=O)c1nn(COCC[Si](C)(C)C)c2c(F)c(-c3c(F)ccc(NS(=O)(=O)c4cccc5c4ncn5COCC[Si](C)(C)C)c3F)ccc12. The Labute approximate surface area is 297 Å². The number of imidazole rings is 1. The van der Waals surface area contributed by atoms with E-state index in [4.69, 9.17) is 9.47 Å². The van der Waals surface area contributed by atoms with Gasteiger partial charge in [-0.25, -0.2) is 31.3 Å². The Hall–Kier alpha value is -4.04. The Morgan fingerprint density at radius 3 is 2.20 bits per heavy atom. The minimum atomic E-state index is -4.48. The van der Waals surface area contributed by atoms with E-state index in [0.29, 0.717) is 18.7 Å². The van der Waals surface area contributed by atoms with Crippen molar-refractivity contribution in [3.63, 3.8) is 0 Å². The summed E-state index contributed by atoms with van der Waals surface area (Å²) in [5, 5.41) is 6.82. The fraction of sp³-hybridized carbons (Fsp3) is 0.382. The van der Waals surface area contributed by atoms with Gasteiger partial charge in [0.2, 0.25) is 0 Å². The molecule has 0 saturated carbocycles. The molecule has 2 N–H and O–H groups in total. The standard InChI is InChI=1S/C34H43F3N6O5SSi2/c1-38-34(44)31-23-12-11-22(29(36)33(23)43(40-31)21-48-16-18-51(5,6)7)28-24(35)13-14-25(30(28)37)41-49(45,46)27-10-8-9-26-32(27)39-19-42(26)20-47-15-17-50(2,3)4/h8-14,19,41H,15-18,20-21H2,1-7H3,(H,38,44). The van der Waals surface area contributed by atoms with E-state index in [-0.39, 0.29) is 40.5 Å². The Bertz CT molecular complexity index is 2200. The fourth-order valence-electron chi connectivity index (χ4n) is 5.34. The van der Waals surface area contributed by atoms with Crippen molar-refractivity contribution < 1.29 is 35.9 Å². The third kappa shape index (κ3) is 8.55. The van der Waals surface area contributed by atoms with E-state index in [2.05, 4.69) is 59.4 Å². The lowest BCUT2D eigenvalue weighted by atomic mass is 10.0. The first-order valence-corrected chi connectivity index (χ1v) is 25.3. The van der Waals surface area contributed by atoms with Crippen molar-refractivity contribution in [1.82, 2.24) is 24.6 Å². The second-order valence-electron chi connectivity index (χ2n) is 14.7. The van der Waals surface area contributed by atoms with E-state index in [0.717, 1.165) is 35.0 Å². The van der Waals surface area contributed by atoms with Crippen LogP contribution in [0, 0.1) is 17.5 Å². The maximum Gasteiger partial charge on any atom is 0.272 e. The molecule has 2 heterocycles. The number of para-hydroxylation sites is 1. The molecule has 1 amide bonds. The number of ether oxygens (including phenoxy) is 2. The number of hydrogen-bond acceptors (Lipinski definition) is 7. The number of rotatable bonds is 15. The van der Waals surface area contributed by atoms with E-state index in [9.17, 15) is 13.2 Å².